The van der Waals surface area contributed by atoms with Crippen LogP contribution in [0.15, 0.2) is 30.6 Å². The van der Waals surface area contributed by atoms with Crippen LogP contribution >= 0.6 is 0 Å². The molecule has 0 bridgehead atoms. The van der Waals surface area contributed by atoms with Crippen LogP contribution in [0, 0.1) is 5.82 Å². The average molecular weight is 303 g/mol. The van der Waals surface area contributed by atoms with Crippen molar-refractivity contribution in [1.82, 2.24) is 9.97 Å². The van der Waals surface area contributed by atoms with Gasteiger partial charge in [0.2, 0.25) is 0 Å². The molecule has 5 N–H and O–H groups in total. The van der Waals surface area contributed by atoms with Crippen molar-refractivity contribution in [2.24, 2.45) is 5.84 Å². The van der Waals surface area contributed by atoms with E-state index in [0.29, 0.717) is 17.3 Å². The summed E-state index contributed by atoms with van der Waals surface area (Å²) in [5.41, 5.74) is 9.95. The number of rotatable bonds is 3. The number of benzene rings is 1. The summed E-state index contributed by atoms with van der Waals surface area (Å²) >= 11 is 0. The fourth-order valence-electron chi connectivity index (χ4n) is 2.58. The number of hydrazine groups is 1. The predicted molar refractivity (Wildman–Crippen MR) is 85.1 cm³/mol. The molecule has 3 rings (SSSR count). The van der Waals surface area contributed by atoms with E-state index >= 15 is 0 Å². The Bertz CT molecular complexity index is 638. The molecular formula is C14H18FN7. The standard InChI is InChI=1S/C14H18FN7/c15-10-1-3-11(4-2-10)21-5-7-22(8-6-21)14-12(16)13(20-17)18-9-19-14/h1-4,9H,5-8,16-17H2,(H,18,19,20). The largest absolute Gasteiger partial charge is 0.393 e. The molecule has 1 aliphatic rings. The third kappa shape index (κ3) is 2.73. The zero-order chi connectivity index (χ0) is 15.5. The van der Waals surface area contributed by atoms with Gasteiger partial charge in [0.05, 0.1) is 0 Å². The van der Waals surface area contributed by atoms with Gasteiger partial charge in [-0.05, 0) is 24.3 Å². The van der Waals surface area contributed by atoms with Crippen LogP contribution in [0.25, 0.3) is 0 Å². The van der Waals surface area contributed by atoms with Gasteiger partial charge < -0.3 is 21.0 Å². The summed E-state index contributed by atoms with van der Waals surface area (Å²) in [5, 5.41) is 0. The SMILES string of the molecule is NNc1ncnc(N2CCN(c3ccc(F)cc3)CC2)c1N. The van der Waals surface area contributed by atoms with E-state index in [9.17, 15) is 4.39 Å². The maximum atomic E-state index is 13.0. The van der Waals surface area contributed by atoms with Gasteiger partial charge in [-0.1, -0.05) is 0 Å². The Morgan fingerprint density at radius 3 is 2.27 bits per heavy atom. The van der Waals surface area contributed by atoms with Crippen molar-refractivity contribution in [1.29, 1.82) is 0 Å². The summed E-state index contributed by atoms with van der Waals surface area (Å²) < 4.78 is 13.0. The lowest BCUT2D eigenvalue weighted by atomic mass is 10.2. The maximum Gasteiger partial charge on any atom is 0.168 e. The highest BCUT2D eigenvalue weighted by Crippen LogP contribution is 2.27. The molecule has 7 nitrogen and oxygen atoms in total. The Kier molecular flexibility index (Phi) is 3.92. The number of aromatic nitrogens is 2. The molecule has 116 valence electrons. The van der Waals surface area contributed by atoms with Crippen LogP contribution in [-0.4, -0.2) is 36.1 Å². The van der Waals surface area contributed by atoms with E-state index in [4.69, 9.17) is 11.6 Å². The lowest BCUT2D eigenvalue weighted by Gasteiger charge is -2.37. The second-order valence-corrected chi connectivity index (χ2v) is 5.05. The summed E-state index contributed by atoms with van der Waals surface area (Å²) in [4.78, 5) is 12.5. The van der Waals surface area contributed by atoms with Crippen molar-refractivity contribution in [3.05, 3.63) is 36.4 Å². The number of hydrogen-bond donors (Lipinski definition) is 3. The molecule has 22 heavy (non-hydrogen) atoms. The molecule has 1 aliphatic heterocycles. The Morgan fingerprint density at radius 1 is 1.00 bits per heavy atom. The van der Waals surface area contributed by atoms with Gasteiger partial charge in [-0.15, -0.1) is 0 Å². The van der Waals surface area contributed by atoms with Crippen molar-refractivity contribution in [3.63, 3.8) is 0 Å². The smallest absolute Gasteiger partial charge is 0.168 e. The Morgan fingerprint density at radius 2 is 1.64 bits per heavy atom. The molecule has 0 atom stereocenters. The zero-order valence-corrected chi connectivity index (χ0v) is 12.0. The first-order valence-electron chi connectivity index (χ1n) is 7.01. The second kappa shape index (κ2) is 6.02. The van der Waals surface area contributed by atoms with E-state index in [1.807, 2.05) is 0 Å². The van der Waals surface area contributed by atoms with Crippen molar-refractivity contribution < 1.29 is 4.39 Å². The maximum absolute atomic E-state index is 13.0. The first-order valence-corrected chi connectivity index (χ1v) is 7.01. The molecule has 2 aromatic rings. The van der Waals surface area contributed by atoms with Crippen LogP contribution < -0.4 is 26.8 Å². The normalized spacial score (nSPS) is 15.0. The first kappa shape index (κ1) is 14.3. The molecule has 0 unspecified atom stereocenters. The van der Waals surface area contributed by atoms with Crippen LogP contribution in [0.1, 0.15) is 0 Å². The highest BCUT2D eigenvalue weighted by molar-refractivity contribution is 5.74. The lowest BCUT2D eigenvalue weighted by molar-refractivity contribution is 0.624. The van der Waals surface area contributed by atoms with E-state index < -0.39 is 0 Å². The zero-order valence-electron chi connectivity index (χ0n) is 12.0. The van der Waals surface area contributed by atoms with Gasteiger partial charge in [0.15, 0.2) is 11.6 Å². The topological polar surface area (TPSA) is 96.3 Å². The average Bonchev–Trinajstić information content (AvgIpc) is 2.56. The number of piperazine rings is 1. The molecule has 2 heterocycles. The lowest BCUT2D eigenvalue weighted by Crippen LogP contribution is -2.47. The third-order valence-electron chi connectivity index (χ3n) is 3.77. The molecule has 0 radical (unpaired) electrons. The number of nitrogen functional groups attached to an aromatic ring is 2. The fourth-order valence-corrected chi connectivity index (χ4v) is 2.58. The summed E-state index contributed by atoms with van der Waals surface area (Å²) in [7, 11) is 0. The highest BCUT2D eigenvalue weighted by Gasteiger charge is 2.21. The summed E-state index contributed by atoms with van der Waals surface area (Å²) in [5.74, 6) is 6.26. The van der Waals surface area contributed by atoms with Crippen LogP contribution in [0.3, 0.4) is 0 Å². The van der Waals surface area contributed by atoms with E-state index in [1.54, 1.807) is 12.1 Å². The quantitative estimate of drug-likeness (QED) is 0.570. The van der Waals surface area contributed by atoms with E-state index in [2.05, 4.69) is 25.2 Å². The highest BCUT2D eigenvalue weighted by atomic mass is 19.1. The van der Waals surface area contributed by atoms with Crippen LogP contribution in [0.4, 0.5) is 27.4 Å². The Balaban J connectivity index is 1.70. The second-order valence-electron chi connectivity index (χ2n) is 5.05. The van der Waals surface area contributed by atoms with Crippen LogP contribution in [0.5, 0.6) is 0 Å². The minimum absolute atomic E-state index is 0.224. The van der Waals surface area contributed by atoms with Gasteiger partial charge in [-0.2, -0.15) is 0 Å². The Labute approximate surface area is 127 Å². The monoisotopic (exact) mass is 303 g/mol. The molecule has 1 fully saturated rings. The van der Waals surface area contributed by atoms with Gasteiger partial charge in [0, 0.05) is 31.9 Å². The number of halogens is 1. The van der Waals surface area contributed by atoms with Crippen molar-refractivity contribution in [2.45, 2.75) is 0 Å². The van der Waals surface area contributed by atoms with Crippen molar-refractivity contribution >= 4 is 23.0 Å². The predicted octanol–water partition coefficient (Wildman–Crippen LogP) is 0.810. The van der Waals surface area contributed by atoms with Gasteiger partial charge in [-0.25, -0.2) is 20.2 Å². The number of nitrogens with zero attached hydrogens (tertiary/aromatic N) is 4. The summed E-state index contributed by atoms with van der Waals surface area (Å²) in [6.45, 7) is 3.14. The van der Waals surface area contributed by atoms with Gasteiger partial charge in [-0.3, -0.25) is 0 Å². The van der Waals surface area contributed by atoms with E-state index in [1.165, 1.54) is 18.5 Å². The molecule has 0 spiro atoms. The first-order chi connectivity index (χ1) is 10.7. The number of nitrogens with two attached hydrogens (primary N) is 2. The summed E-state index contributed by atoms with van der Waals surface area (Å²) in [6, 6.07) is 6.54. The molecule has 1 saturated heterocycles. The third-order valence-corrected chi connectivity index (χ3v) is 3.77. The van der Waals surface area contributed by atoms with Gasteiger partial charge in [0.1, 0.15) is 17.8 Å². The van der Waals surface area contributed by atoms with Crippen LogP contribution in [0.2, 0.25) is 0 Å². The molecule has 0 aliphatic carbocycles. The molecule has 0 amide bonds. The molecule has 8 heteroatoms. The van der Waals surface area contributed by atoms with E-state index in [-0.39, 0.29) is 5.82 Å². The molecule has 0 saturated carbocycles. The number of hydrogen-bond acceptors (Lipinski definition) is 7. The van der Waals surface area contributed by atoms with E-state index in [0.717, 1.165) is 31.9 Å². The minimum Gasteiger partial charge on any atom is -0.393 e. The minimum atomic E-state index is -0.224. The van der Waals surface area contributed by atoms with Gasteiger partial charge >= 0.3 is 0 Å². The number of anilines is 4. The van der Waals surface area contributed by atoms with Crippen molar-refractivity contribution in [2.75, 3.05) is 47.1 Å². The fraction of sp³-hybridized carbons (Fsp3) is 0.286. The molecule has 1 aromatic carbocycles. The molecule has 1 aromatic heterocycles. The number of nitrogens with one attached hydrogen (secondary N) is 1. The van der Waals surface area contributed by atoms with Crippen LogP contribution in [-0.2, 0) is 0 Å². The summed E-state index contributed by atoms with van der Waals surface area (Å²) in [6.07, 6.45) is 1.44. The van der Waals surface area contributed by atoms with Gasteiger partial charge in [0.25, 0.3) is 0 Å². The molecular weight excluding hydrogens is 285 g/mol. The van der Waals surface area contributed by atoms with Crippen molar-refractivity contribution in [3.8, 4) is 0 Å². The Hall–Kier alpha value is -2.61.